The summed E-state index contributed by atoms with van der Waals surface area (Å²) in [5.74, 6) is 0.799. The van der Waals surface area contributed by atoms with Crippen molar-refractivity contribution >= 4 is 44.5 Å². The number of methoxy groups -OCH3 is 1. The van der Waals surface area contributed by atoms with Gasteiger partial charge in [-0.25, -0.2) is 4.79 Å². The van der Waals surface area contributed by atoms with Gasteiger partial charge in [0, 0.05) is 21.3 Å². The van der Waals surface area contributed by atoms with Crippen LogP contribution in [0.5, 0.6) is 5.75 Å². The number of halogens is 1. The van der Waals surface area contributed by atoms with Crippen molar-refractivity contribution in [3.05, 3.63) is 79.2 Å². The van der Waals surface area contributed by atoms with Gasteiger partial charge in [0.1, 0.15) is 11.3 Å². The second-order valence-electron chi connectivity index (χ2n) is 8.31. The summed E-state index contributed by atoms with van der Waals surface area (Å²) in [7, 11) is 1.64. The third kappa shape index (κ3) is 4.79. The number of ether oxygens (including phenoxy) is 1. The molecule has 6 nitrogen and oxygen atoms in total. The Balaban J connectivity index is 1.59. The first-order valence-electron chi connectivity index (χ1n) is 11.3. The summed E-state index contributed by atoms with van der Waals surface area (Å²) in [5.41, 5.74) is 2.56. The molecule has 34 heavy (non-hydrogen) atoms. The van der Waals surface area contributed by atoms with E-state index in [1.54, 1.807) is 13.3 Å². The van der Waals surface area contributed by atoms with Crippen LogP contribution in [0.1, 0.15) is 43.7 Å². The number of benzene rings is 2. The molecule has 8 heteroatoms. The van der Waals surface area contributed by atoms with E-state index in [0.29, 0.717) is 11.1 Å². The van der Waals surface area contributed by atoms with Crippen LogP contribution in [-0.2, 0) is 0 Å². The van der Waals surface area contributed by atoms with E-state index < -0.39 is 0 Å². The van der Waals surface area contributed by atoms with Crippen LogP contribution < -0.4 is 15.2 Å². The molecule has 0 spiro atoms. The highest BCUT2D eigenvalue weighted by Gasteiger charge is 2.22. The molecular formula is C26H24BrN3O3S. The van der Waals surface area contributed by atoms with E-state index in [4.69, 9.17) is 9.15 Å². The highest BCUT2D eigenvalue weighted by Crippen LogP contribution is 2.32. The maximum absolute atomic E-state index is 13.0. The van der Waals surface area contributed by atoms with Crippen LogP contribution in [0.3, 0.4) is 0 Å². The fourth-order valence-electron chi connectivity index (χ4n) is 4.39. The number of hydrogen-bond acceptors (Lipinski definition) is 6. The summed E-state index contributed by atoms with van der Waals surface area (Å²) in [6.45, 7) is 0. The van der Waals surface area contributed by atoms with E-state index in [2.05, 4.69) is 30.7 Å². The molecule has 0 bridgehead atoms. The molecule has 2 aromatic carbocycles. The van der Waals surface area contributed by atoms with E-state index in [-0.39, 0.29) is 11.7 Å². The molecule has 0 saturated heterocycles. The summed E-state index contributed by atoms with van der Waals surface area (Å²) in [5, 5.41) is 11.8. The largest absolute Gasteiger partial charge is 0.497 e. The Bertz CT molecular complexity index is 1460. The Labute approximate surface area is 209 Å². The van der Waals surface area contributed by atoms with Crippen LogP contribution in [0.4, 0.5) is 0 Å². The lowest BCUT2D eigenvalue weighted by molar-refractivity contribution is 0.350. The molecule has 2 heterocycles. The quantitative estimate of drug-likeness (QED) is 0.165. The average Bonchev–Trinajstić information content (AvgIpc) is 3.28. The van der Waals surface area contributed by atoms with E-state index in [9.17, 15) is 4.79 Å². The topological polar surface area (TPSA) is 69.1 Å². The second kappa shape index (κ2) is 10.1. The van der Waals surface area contributed by atoms with Gasteiger partial charge >= 0.3 is 5.63 Å². The van der Waals surface area contributed by atoms with Crippen molar-refractivity contribution in [2.24, 2.45) is 10.2 Å². The molecule has 1 aliphatic rings. The molecule has 2 aromatic heterocycles. The van der Waals surface area contributed by atoms with Crippen LogP contribution in [0.15, 0.2) is 77.8 Å². The molecule has 174 valence electrons. The maximum atomic E-state index is 13.0. The highest BCUT2D eigenvalue weighted by molar-refractivity contribution is 9.10. The first kappa shape index (κ1) is 22.8. The lowest BCUT2D eigenvalue weighted by Gasteiger charge is -2.24. The summed E-state index contributed by atoms with van der Waals surface area (Å²) in [6.07, 6.45) is 7.42. The van der Waals surface area contributed by atoms with Gasteiger partial charge in [-0.05, 0) is 66.9 Å². The summed E-state index contributed by atoms with van der Waals surface area (Å²) in [4.78, 5) is 13.7. The summed E-state index contributed by atoms with van der Waals surface area (Å²) < 4.78 is 14.0. The summed E-state index contributed by atoms with van der Waals surface area (Å²) >= 11 is 5.00. The maximum Gasteiger partial charge on any atom is 0.345 e. The number of hydrogen-bond donors (Lipinski definition) is 0. The van der Waals surface area contributed by atoms with E-state index in [0.717, 1.165) is 44.5 Å². The summed E-state index contributed by atoms with van der Waals surface area (Å²) in [6, 6.07) is 15.5. The second-order valence-corrected chi connectivity index (χ2v) is 10.1. The molecule has 0 atom stereocenters. The molecule has 0 aliphatic heterocycles. The zero-order valence-electron chi connectivity index (χ0n) is 18.7. The van der Waals surface area contributed by atoms with Gasteiger partial charge in [-0.2, -0.15) is 5.10 Å². The molecule has 0 amide bonds. The van der Waals surface area contributed by atoms with Crippen molar-refractivity contribution in [2.75, 3.05) is 7.11 Å². The van der Waals surface area contributed by atoms with Gasteiger partial charge in [0.2, 0.25) is 4.80 Å². The van der Waals surface area contributed by atoms with E-state index in [1.807, 2.05) is 53.9 Å². The molecule has 0 unspecified atom stereocenters. The number of rotatable bonds is 5. The Morgan fingerprint density at radius 3 is 2.68 bits per heavy atom. The lowest BCUT2D eigenvalue weighted by Crippen LogP contribution is -2.24. The van der Waals surface area contributed by atoms with Crippen molar-refractivity contribution in [3.8, 4) is 17.0 Å². The zero-order chi connectivity index (χ0) is 23.5. The molecule has 1 fully saturated rings. The molecule has 5 rings (SSSR count). The van der Waals surface area contributed by atoms with E-state index in [1.165, 1.54) is 30.6 Å². The minimum atomic E-state index is -0.342. The van der Waals surface area contributed by atoms with Gasteiger partial charge in [-0.1, -0.05) is 35.2 Å². The van der Waals surface area contributed by atoms with Crippen LogP contribution >= 0.6 is 27.3 Å². The Morgan fingerprint density at radius 1 is 1.12 bits per heavy atom. The fraction of sp³-hybridized carbons (Fsp3) is 0.269. The monoisotopic (exact) mass is 537 g/mol. The highest BCUT2D eigenvalue weighted by atomic mass is 79.9. The fourth-order valence-corrected chi connectivity index (χ4v) is 5.68. The number of nitrogens with zero attached hydrogens (tertiary/aromatic N) is 3. The smallest absolute Gasteiger partial charge is 0.345 e. The van der Waals surface area contributed by atoms with Crippen LogP contribution in [0.2, 0.25) is 0 Å². The molecule has 0 radical (unpaired) electrons. The predicted octanol–water partition coefficient (Wildman–Crippen LogP) is 6.53. The predicted molar refractivity (Wildman–Crippen MR) is 140 cm³/mol. The minimum Gasteiger partial charge on any atom is -0.497 e. The van der Waals surface area contributed by atoms with Gasteiger partial charge in [-0.3, -0.25) is 0 Å². The molecule has 0 N–H and O–H groups in total. The zero-order valence-corrected chi connectivity index (χ0v) is 21.1. The third-order valence-corrected chi connectivity index (χ3v) is 7.44. The Kier molecular flexibility index (Phi) is 6.78. The standard InChI is InChI=1S/C26H24BrN3O3S/c1-32-21-10-7-17(8-11-21)15-28-29-26-30(20-5-3-2-4-6-20)23(16-34-26)22-14-18-13-19(27)9-12-24(18)33-25(22)31/h7-16,20H,2-6H2,1H3/b28-15+,29-26+. The average molecular weight is 538 g/mol. The number of fused-ring (bicyclic) bond motifs is 1. The van der Waals surface area contributed by atoms with Crippen LogP contribution in [-0.4, -0.2) is 17.9 Å². The van der Waals surface area contributed by atoms with Crippen molar-refractivity contribution in [2.45, 2.75) is 38.1 Å². The van der Waals surface area contributed by atoms with Gasteiger partial charge in [0.05, 0.1) is 24.6 Å². The lowest BCUT2D eigenvalue weighted by atomic mass is 9.95. The first-order valence-corrected chi connectivity index (χ1v) is 12.9. The molecule has 4 aromatic rings. The minimum absolute atomic E-state index is 0.280. The van der Waals surface area contributed by atoms with Gasteiger partial charge in [0.25, 0.3) is 0 Å². The van der Waals surface area contributed by atoms with Crippen molar-refractivity contribution in [1.29, 1.82) is 0 Å². The van der Waals surface area contributed by atoms with Gasteiger partial charge in [0.15, 0.2) is 0 Å². The Hall–Kier alpha value is -2.97. The van der Waals surface area contributed by atoms with Crippen LogP contribution in [0.25, 0.3) is 22.2 Å². The number of thiazole rings is 1. The van der Waals surface area contributed by atoms with E-state index >= 15 is 0 Å². The normalized spacial score (nSPS) is 15.4. The van der Waals surface area contributed by atoms with Crippen molar-refractivity contribution in [1.82, 2.24) is 4.57 Å². The SMILES string of the molecule is COc1ccc(/C=N/N=c2/scc(-c3cc4cc(Br)ccc4oc3=O)n2C2CCCCC2)cc1. The van der Waals surface area contributed by atoms with Gasteiger partial charge in [-0.15, -0.1) is 16.4 Å². The van der Waals surface area contributed by atoms with Gasteiger partial charge < -0.3 is 13.7 Å². The molecule has 1 aliphatic carbocycles. The first-order chi connectivity index (χ1) is 16.6. The number of aromatic nitrogens is 1. The van der Waals surface area contributed by atoms with Crippen molar-refractivity contribution < 1.29 is 9.15 Å². The van der Waals surface area contributed by atoms with Crippen LogP contribution in [0, 0.1) is 0 Å². The molecule has 1 saturated carbocycles. The molecular weight excluding hydrogens is 514 g/mol. The van der Waals surface area contributed by atoms with Crippen molar-refractivity contribution in [3.63, 3.8) is 0 Å². The third-order valence-electron chi connectivity index (χ3n) is 6.12. The Morgan fingerprint density at radius 2 is 1.91 bits per heavy atom.